The molecule has 0 radical (unpaired) electrons. The summed E-state index contributed by atoms with van der Waals surface area (Å²) in [6.45, 7) is 1.81. The number of rotatable bonds is 11. The van der Waals surface area contributed by atoms with Crippen molar-refractivity contribution in [1.29, 1.82) is 0 Å². The highest BCUT2D eigenvalue weighted by atomic mass is 32.1. The summed E-state index contributed by atoms with van der Waals surface area (Å²) in [7, 11) is 1.41. The Kier molecular flexibility index (Phi) is 8.57. The van der Waals surface area contributed by atoms with E-state index < -0.39 is 24.2 Å². The van der Waals surface area contributed by atoms with Gasteiger partial charge >= 0.3 is 5.97 Å². The van der Waals surface area contributed by atoms with Crippen LogP contribution >= 0.6 is 11.3 Å². The van der Waals surface area contributed by atoms with Crippen LogP contribution in [0.1, 0.15) is 48.0 Å². The number of ether oxygens (including phenoxy) is 2. The van der Waals surface area contributed by atoms with Gasteiger partial charge in [-0.05, 0) is 36.8 Å². The number of carbonyl (C=O) groups excluding carboxylic acids is 1. The number of thiazole rings is 1. The smallest absolute Gasteiger partial charge is 0.311 e. The summed E-state index contributed by atoms with van der Waals surface area (Å²) in [5, 5.41) is 9.87. The van der Waals surface area contributed by atoms with E-state index in [-0.39, 0.29) is 18.9 Å². The van der Waals surface area contributed by atoms with E-state index in [2.05, 4.69) is 20.6 Å². The molecule has 0 bridgehead atoms. The quantitative estimate of drug-likeness (QED) is 0.176. The van der Waals surface area contributed by atoms with Gasteiger partial charge in [-0.15, -0.1) is 11.3 Å². The predicted octanol–water partition coefficient (Wildman–Crippen LogP) is 4.82. The molecule has 182 valence electrons. The molecule has 0 aliphatic heterocycles. The average Bonchev–Trinajstić information content (AvgIpc) is 3.41. The fourth-order valence-corrected chi connectivity index (χ4v) is 3.65. The molecular formula is C21H21F4N5O3S. The molecule has 8 nitrogen and oxygen atoms in total. The average molecular weight is 499 g/mol. The molecule has 0 fully saturated rings. The van der Waals surface area contributed by atoms with Crippen molar-refractivity contribution >= 4 is 28.7 Å². The van der Waals surface area contributed by atoms with Crippen LogP contribution in [0.25, 0.3) is 0 Å². The first kappa shape index (κ1) is 25.1. The predicted molar refractivity (Wildman–Crippen MR) is 118 cm³/mol. The molecule has 3 aromatic rings. The van der Waals surface area contributed by atoms with Crippen LogP contribution in [0.2, 0.25) is 0 Å². The Morgan fingerprint density at radius 1 is 1.26 bits per heavy atom. The number of carbonyl (C=O) groups is 1. The Hall–Kier alpha value is -3.48. The fraction of sp³-hybridized carbons (Fsp3) is 0.333. The molecule has 1 aromatic carbocycles. The molecule has 0 aliphatic carbocycles. The summed E-state index contributed by atoms with van der Waals surface area (Å²) in [6.07, 6.45) is -4.41. The van der Waals surface area contributed by atoms with Crippen LogP contribution in [0.3, 0.4) is 0 Å². The van der Waals surface area contributed by atoms with Gasteiger partial charge in [0.15, 0.2) is 0 Å². The number of nitrogens with one attached hydrogen (secondary N) is 1. The van der Waals surface area contributed by atoms with Crippen molar-refractivity contribution in [2.75, 3.05) is 19.1 Å². The number of alkyl halides is 4. The molecular weight excluding hydrogens is 478 g/mol. The first-order chi connectivity index (χ1) is 16.3. The number of hydrazone groups is 1. The van der Waals surface area contributed by atoms with Gasteiger partial charge in [-0.25, -0.2) is 22.5 Å². The standard InChI is InChI=1S/C21H21F4N5O3S/c1-3-33-18(31)7-14-11-34-21(27-14)28-26-9-12-4-5-17(32-2)13(6-12)10-30-16(20(24)25)8-15(29-30)19(22)23/h4-6,8-9,11,19-20H,3,7,10H2,1-2H3,(H,27,28). The van der Waals surface area contributed by atoms with Gasteiger partial charge in [0, 0.05) is 10.9 Å². The summed E-state index contributed by atoms with van der Waals surface area (Å²) in [5.74, 6) is 0.00409. The molecule has 0 amide bonds. The van der Waals surface area contributed by atoms with Gasteiger partial charge in [0.1, 0.15) is 17.1 Å². The molecule has 0 saturated heterocycles. The van der Waals surface area contributed by atoms with Gasteiger partial charge in [-0.2, -0.15) is 10.2 Å². The van der Waals surface area contributed by atoms with Crippen molar-refractivity contribution in [3.05, 3.63) is 57.9 Å². The Balaban J connectivity index is 1.73. The lowest BCUT2D eigenvalue weighted by Crippen LogP contribution is -2.09. The van der Waals surface area contributed by atoms with E-state index in [0.717, 1.165) is 4.68 Å². The van der Waals surface area contributed by atoms with Gasteiger partial charge in [0.25, 0.3) is 12.9 Å². The van der Waals surface area contributed by atoms with Crippen molar-refractivity contribution in [2.24, 2.45) is 5.10 Å². The van der Waals surface area contributed by atoms with Crippen LogP contribution in [0.15, 0.2) is 34.7 Å². The summed E-state index contributed by atoms with van der Waals surface area (Å²) in [4.78, 5) is 15.8. The zero-order valence-corrected chi connectivity index (χ0v) is 19.0. The molecule has 3 rings (SSSR count). The first-order valence-corrected chi connectivity index (χ1v) is 10.9. The lowest BCUT2D eigenvalue weighted by Gasteiger charge is -2.12. The largest absolute Gasteiger partial charge is 0.496 e. The van der Waals surface area contributed by atoms with Crippen LogP contribution in [0.4, 0.5) is 22.7 Å². The minimum atomic E-state index is -2.97. The monoisotopic (exact) mass is 499 g/mol. The second kappa shape index (κ2) is 11.6. The normalized spacial score (nSPS) is 11.5. The lowest BCUT2D eigenvalue weighted by molar-refractivity contribution is -0.142. The van der Waals surface area contributed by atoms with E-state index in [1.807, 2.05) is 0 Å². The zero-order chi connectivity index (χ0) is 24.7. The molecule has 0 unspecified atom stereocenters. The Morgan fingerprint density at radius 3 is 2.74 bits per heavy atom. The summed E-state index contributed by atoms with van der Waals surface area (Å²) in [5.41, 5.74) is 3.00. The highest BCUT2D eigenvalue weighted by Crippen LogP contribution is 2.28. The Bertz CT molecular complexity index is 1150. The summed E-state index contributed by atoms with van der Waals surface area (Å²) >= 11 is 1.26. The molecule has 34 heavy (non-hydrogen) atoms. The second-order valence-corrected chi connectivity index (χ2v) is 7.68. The van der Waals surface area contributed by atoms with E-state index >= 15 is 0 Å². The van der Waals surface area contributed by atoms with Crippen molar-refractivity contribution in [1.82, 2.24) is 14.8 Å². The zero-order valence-electron chi connectivity index (χ0n) is 18.2. The van der Waals surface area contributed by atoms with Gasteiger partial charge in [-0.1, -0.05) is 0 Å². The van der Waals surface area contributed by atoms with Gasteiger partial charge in [-0.3, -0.25) is 14.9 Å². The maximum atomic E-state index is 13.3. The van der Waals surface area contributed by atoms with E-state index in [4.69, 9.17) is 9.47 Å². The van der Waals surface area contributed by atoms with Crippen LogP contribution in [0.5, 0.6) is 5.75 Å². The van der Waals surface area contributed by atoms with Crippen molar-refractivity contribution in [2.45, 2.75) is 32.7 Å². The molecule has 0 aliphatic rings. The number of halogens is 4. The van der Waals surface area contributed by atoms with Crippen LogP contribution in [-0.2, 0) is 22.5 Å². The molecule has 0 atom stereocenters. The number of methoxy groups -OCH3 is 1. The highest BCUT2D eigenvalue weighted by molar-refractivity contribution is 7.13. The van der Waals surface area contributed by atoms with E-state index in [0.29, 0.717) is 40.4 Å². The third kappa shape index (κ3) is 6.53. The molecule has 13 heteroatoms. The van der Waals surface area contributed by atoms with Crippen LogP contribution in [-0.4, -0.2) is 40.7 Å². The van der Waals surface area contributed by atoms with Gasteiger partial charge in [0.05, 0.1) is 38.6 Å². The van der Waals surface area contributed by atoms with E-state index in [1.54, 1.807) is 30.5 Å². The minimum absolute atomic E-state index is 0.0544. The SMILES string of the molecule is CCOC(=O)Cc1csc(NN=Cc2ccc(OC)c(Cn3nc(C(F)F)cc3C(F)F)c2)n1. The lowest BCUT2D eigenvalue weighted by atomic mass is 10.1. The number of benzene rings is 1. The number of aromatic nitrogens is 3. The third-order valence-corrected chi connectivity index (χ3v) is 5.25. The third-order valence-electron chi connectivity index (χ3n) is 4.46. The number of esters is 1. The van der Waals surface area contributed by atoms with E-state index in [1.165, 1.54) is 24.7 Å². The number of hydrogen-bond acceptors (Lipinski definition) is 8. The van der Waals surface area contributed by atoms with Crippen LogP contribution in [0, 0.1) is 0 Å². The fourth-order valence-electron chi connectivity index (χ4n) is 2.99. The van der Waals surface area contributed by atoms with E-state index in [9.17, 15) is 22.4 Å². The van der Waals surface area contributed by atoms with Crippen molar-refractivity contribution in [3.8, 4) is 5.75 Å². The van der Waals surface area contributed by atoms with Crippen molar-refractivity contribution < 1.29 is 31.8 Å². The highest BCUT2D eigenvalue weighted by Gasteiger charge is 2.22. The Labute approximate surface area is 196 Å². The van der Waals surface area contributed by atoms with Gasteiger partial charge < -0.3 is 9.47 Å². The molecule has 2 aromatic heterocycles. The van der Waals surface area contributed by atoms with Crippen molar-refractivity contribution in [3.63, 3.8) is 0 Å². The maximum Gasteiger partial charge on any atom is 0.311 e. The molecule has 2 heterocycles. The first-order valence-electron chi connectivity index (χ1n) is 10.0. The van der Waals surface area contributed by atoms with Crippen LogP contribution < -0.4 is 10.2 Å². The summed E-state index contributed by atoms with van der Waals surface area (Å²) in [6, 6.07) is 5.61. The summed E-state index contributed by atoms with van der Waals surface area (Å²) < 4.78 is 63.5. The number of nitrogens with zero attached hydrogens (tertiary/aromatic N) is 4. The Morgan fingerprint density at radius 2 is 2.06 bits per heavy atom. The molecule has 1 N–H and O–H groups in total. The number of anilines is 1. The topological polar surface area (TPSA) is 90.6 Å². The second-order valence-electron chi connectivity index (χ2n) is 6.82. The van der Waals surface area contributed by atoms with Gasteiger partial charge in [0.2, 0.25) is 5.13 Å². The number of hydrogen-bond donors (Lipinski definition) is 1. The molecule has 0 spiro atoms. The maximum absolute atomic E-state index is 13.3. The minimum Gasteiger partial charge on any atom is -0.496 e. The molecule has 0 saturated carbocycles.